The zero-order chi connectivity index (χ0) is 13.2. The molecule has 0 amide bonds. The summed E-state index contributed by atoms with van der Waals surface area (Å²) in [5, 5.41) is 0. The third-order valence-electron chi connectivity index (χ3n) is 3.49. The van der Waals surface area contributed by atoms with Crippen molar-refractivity contribution in [2.45, 2.75) is 49.7 Å². The van der Waals surface area contributed by atoms with E-state index in [9.17, 15) is 9.59 Å². The van der Waals surface area contributed by atoms with E-state index in [4.69, 9.17) is 9.47 Å². The van der Waals surface area contributed by atoms with Crippen molar-refractivity contribution < 1.29 is 19.1 Å². The van der Waals surface area contributed by atoms with E-state index in [2.05, 4.69) is 25.3 Å². The van der Waals surface area contributed by atoms with Gasteiger partial charge in [-0.2, -0.15) is 25.3 Å². The van der Waals surface area contributed by atoms with Crippen LogP contribution < -0.4 is 0 Å². The number of hydrogen-bond donors (Lipinski definition) is 2. The van der Waals surface area contributed by atoms with E-state index in [1.807, 2.05) is 0 Å². The number of rotatable bonds is 7. The highest BCUT2D eigenvalue weighted by Crippen LogP contribution is 2.62. The van der Waals surface area contributed by atoms with Gasteiger partial charge in [0.15, 0.2) is 11.2 Å². The van der Waals surface area contributed by atoms with Gasteiger partial charge in [0, 0.05) is 11.5 Å². The average molecular weight is 290 g/mol. The SMILES string of the molecule is O=C(CCS)OC1(C2(OC(=O)CCS)CC2)CC1. The first kappa shape index (κ1) is 14.1. The third-order valence-corrected chi connectivity index (χ3v) is 3.94. The Morgan fingerprint density at radius 1 is 0.833 bits per heavy atom. The molecule has 0 saturated heterocycles. The minimum atomic E-state index is -0.542. The lowest BCUT2D eigenvalue weighted by Gasteiger charge is -2.27. The fraction of sp³-hybridized carbons (Fsp3) is 0.833. The van der Waals surface area contributed by atoms with Crippen LogP contribution >= 0.6 is 25.3 Å². The molecule has 0 aromatic rings. The van der Waals surface area contributed by atoms with Crippen molar-refractivity contribution in [2.24, 2.45) is 0 Å². The maximum Gasteiger partial charge on any atom is 0.307 e. The molecule has 0 atom stereocenters. The summed E-state index contributed by atoms with van der Waals surface area (Å²) in [5.74, 6) is 0.445. The molecule has 2 aliphatic rings. The summed E-state index contributed by atoms with van der Waals surface area (Å²) in [6.07, 6.45) is 3.76. The fourth-order valence-corrected chi connectivity index (χ4v) is 2.61. The van der Waals surface area contributed by atoms with Gasteiger partial charge in [-0.05, 0) is 25.7 Å². The zero-order valence-electron chi connectivity index (χ0n) is 10.2. The minimum Gasteiger partial charge on any atom is -0.455 e. The molecule has 2 rings (SSSR count). The smallest absolute Gasteiger partial charge is 0.307 e. The molecule has 0 aliphatic heterocycles. The molecule has 0 N–H and O–H groups in total. The van der Waals surface area contributed by atoms with Gasteiger partial charge < -0.3 is 9.47 Å². The van der Waals surface area contributed by atoms with E-state index in [0.717, 1.165) is 25.7 Å². The van der Waals surface area contributed by atoms with Crippen molar-refractivity contribution in [3.8, 4) is 0 Å². The highest BCUT2D eigenvalue weighted by Gasteiger charge is 2.71. The van der Waals surface area contributed by atoms with Gasteiger partial charge in [0.2, 0.25) is 0 Å². The average Bonchev–Trinajstić information content (AvgIpc) is 3.16. The quantitative estimate of drug-likeness (QED) is 0.554. The Labute approximate surface area is 118 Å². The standard InChI is InChI=1S/C12H18O4S2/c13-9(1-7-17)15-11(3-4-11)12(5-6-12)16-10(14)2-8-18/h17-18H,1-8H2. The number of carbonyl (C=O) groups is 2. The van der Waals surface area contributed by atoms with Gasteiger partial charge in [-0.3, -0.25) is 9.59 Å². The van der Waals surface area contributed by atoms with Gasteiger partial charge in [-0.15, -0.1) is 0 Å². The Morgan fingerprint density at radius 2 is 1.17 bits per heavy atom. The predicted molar refractivity (Wildman–Crippen MR) is 73.1 cm³/mol. The van der Waals surface area contributed by atoms with Gasteiger partial charge in [-0.1, -0.05) is 0 Å². The summed E-state index contributed by atoms with van der Waals surface area (Å²) in [4.78, 5) is 23.1. The lowest BCUT2D eigenvalue weighted by Crippen LogP contribution is -2.39. The van der Waals surface area contributed by atoms with E-state index >= 15 is 0 Å². The van der Waals surface area contributed by atoms with Gasteiger partial charge in [0.05, 0.1) is 12.8 Å². The maximum atomic E-state index is 11.6. The first-order valence-corrected chi connectivity index (χ1v) is 7.49. The molecule has 0 aromatic heterocycles. The van der Waals surface area contributed by atoms with Gasteiger partial charge in [0.25, 0.3) is 0 Å². The van der Waals surface area contributed by atoms with Crippen LogP contribution in [0.1, 0.15) is 38.5 Å². The molecule has 0 unspecified atom stereocenters. The summed E-state index contributed by atoms with van der Waals surface area (Å²) >= 11 is 8.01. The Balaban J connectivity index is 1.93. The molecular weight excluding hydrogens is 272 g/mol. The molecule has 2 fully saturated rings. The van der Waals surface area contributed by atoms with Gasteiger partial charge in [0.1, 0.15) is 0 Å². The van der Waals surface area contributed by atoms with Crippen LogP contribution in [0.5, 0.6) is 0 Å². The molecule has 0 heterocycles. The predicted octanol–water partition coefficient (Wildman–Crippen LogP) is 1.78. The second-order valence-corrected chi connectivity index (χ2v) is 5.78. The molecule has 4 nitrogen and oxygen atoms in total. The van der Waals surface area contributed by atoms with Crippen LogP contribution in [0.25, 0.3) is 0 Å². The first-order chi connectivity index (χ1) is 8.57. The van der Waals surface area contributed by atoms with Crippen LogP contribution in [0, 0.1) is 0 Å². The Hall–Kier alpha value is -0.360. The highest BCUT2D eigenvalue weighted by atomic mass is 32.1. The molecule has 0 bridgehead atoms. The lowest BCUT2D eigenvalue weighted by molar-refractivity contribution is -0.175. The molecule has 6 heteroatoms. The van der Waals surface area contributed by atoms with E-state index < -0.39 is 11.2 Å². The highest BCUT2D eigenvalue weighted by molar-refractivity contribution is 7.80. The van der Waals surface area contributed by atoms with E-state index in [0.29, 0.717) is 24.3 Å². The molecule has 102 valence electrons. The van der Waals surface area contributed by atoms with Crippen LogP contribution in [-0.4, -0.2) is 34.6 Å². The molecule has 0 spiro atoms. The van der Waals surface area contributed by atoms with E-state index in [1.165, 1.54) is 0 Å². The van der Waals surface area contributed by atoms with Crippen molar-refractivity contribution in [3.63, 3.8) is 0 Å². The molecule has 0 aromatic carbocycles. The molecular formula is C12H18O4S2. The van der Waals surface area contributed by atoms with Crippen molar-refractivity contribution >= 4 is 37.2 Å². The van der Waals surface area contributed by atoms with Gasteiger partial charge >= 0.3 is 11.9 Å². The number of esters is 2. The van der Waals surface area contributed by atoms with E-state index in [-0.39, 0.29) is 11.9 Å². The number of ether oxygens (including phenoxy) is 2. The largest absolute Gasteiger partial charge is 0.455 e. The lowest BCUT2D eigenvalue weighted by atomic mass is 10.1. The van der Waals surface area contributed by atoms with E-state index in [1.54, 1.807) is 0 Å². The molecule has 18 heavy (non-hydrogen) atoms. The third kappa shape index (κ3) is 2.79. The molecule has 0 radical (unpaired) electrons. The Kier molecular flexibility index (Phi) is 4.16. The molecule has 2 saturated carbocycles. The monoisotopic (exact) mass is 290 g/mol. The van der Waals surface area contributed by atoms with Crippen LogP contribution in [0.15, 0.2) is 0 Å². The van der Waals surface area contributed by atoms with Crippen molar-refractivity contribution in [2.75, 3.05) is 11.5 Å². The maximum absolute atomic E-state index is 11.6. The van der Waals surface area contributed by atoms with Gasteiger partial charge in [-0.25, -0.2) is 0 Å². The van der Waals surface area contributed by atoms with Crippen LogP contribution in [0.2, 0.25) is 0 Å². The Bertz CT molecular complexity index is 314. The number of thiol groups is 2. The van der Waals surface area contributed by atoms with Crippen molar-refractivity contribution in [1.29, 1.82) is 0 Å². The molecule has 2 aliphatic carbocycles. The Morgan fingerprint density at radius 3 is 1.39 bits per heavy atom. The fourth-order valence-electron chi connectivity index (χ4n) is 2.25. The van der Waals surface area contributed by atoms with Crippen molar-refractivity contribution in [3.05, 3.63) is 0 Å². The summed E-state index contributed by atoms with van der Waals surface area (Å²) in [5.41, 5.74) is -1.08. The number of hydrogen-bond acceptors (Lipinski definition) is 6. The second kappa shape index (κ2) is 5.33. The second-order valence-electron chi connectivity index (χ2n) is 4.88. The van der Waals surface area contributed by atoms with Crippen LogP contribution in [-0.2, 0) is 19.1 Å². The van der Waals surface area contributed by atoms with Crippen LogP contribution in [0.4, 0.5) is 0 Å². The number of carbonyl (C=O) groups excluding carboxylic acids is 2. The normalized spacial score (nSPS) is 22.1. The van der Waals surface area contributed by atoms with Crippen molar-refractivity contribution in [1.82, 2.24) is 0 Å². The van der Waals surface area contributed by atoms with Crippen LogP contribution in [0.3, 0.4) is 0 Å². The minimum absolute atomic E-state index is 0.251. The first-order valence-electron chi connectivity index (χ1n) is 6.23. The topological polar surface area (TPSA) is 52.6 Å². The summed E-state index contributed by atoms with van der Waals surface area (Å²) < 4.78 is 11.0. The summed E-state index contributed by atoms with van der Waals surface area (Å²) in [6, 6.07) is 0. The zero-order valence-corrected chi connectivity index (χ0v) is 12.0. The summed E-state index contributed by atoms with van der Waals surface area (Å²) in [6.45, 7) is 0. The summed E-state index contributed by atoms with van der Waals surface area (Å²) in [7, 11) is 0.